The topological polar surface area (TPSA) is 69.7 Å². The van der Waals surface area contributed by atoms with E-state index in [1.165, 1.54) is 0 Å². The molecule has 0 spiro atoms. The van der Waals surface area contributed by atoms with E-state index >= 15 is 0 Å². The molecule has 0 aromatic heterocycles. The Morgan fingerprint density at radius 1 is 1.30 bits per heavy atom. The normalized spacial score (nSPS) is 12.6. The van der Waals surface area contributed by atoms with E-state index in [0.29, 0.717) is 18.1 Å². The van der Waals surface area contributed by atoms with Gasteiger partial charge in [0.25, 0.3) is 0 Å². The van der Waals surface area contributed by atoms with Gasteiger partial charge < -0.3 is 15.9 Å². The summed E-state index contributed by atoms with van der Waals surface area (Å²) in [4.78, 5) is 2.44. The van der Waals surface area contributed by atoms with Crippen molar-refractivity contribution in [2.24, 2.45) is 5.73 Å². The molecule has 0 heterocycles. The van der Waals surface area contributed by atoms with Gasteiger partial charge in [-0.2, -0.15) is 0 Å². The van der Waals surface area contributed by atoms with Crippen molar-refractivity contribution in [3.63, 3.8) is 0 Å². The van der Waals surface area contributed by atoms with Crippen molar-refractivity contribution in [1.29, 1.82) is 0 Å². The van der Waals surface area contributed by atoms with Crippen molar-refractivity contribution in [1.82, 2.24) is 4.90 Å². The lowest BCUT2D eigenvalue weighted by Crippen LogP contribution is -2.32. The summed E-state index contributed by atoms with van der Waals surface area (Å²) in [5, 5.41) is 19.3. The van der Waals surface area contributed by atoms with Crippen LogP contribution in [0.25, 0.3) is 0 Å². The molecule has 0 aliphatic rings. The lowest BCUT2D eigenvalue weighted by Gasteiger charge is -2.24. The second kappa shape index (κ2) is 9.02. The van der Waals surface area contributed by atoms with E-state index in [2.05, 4.69) is 11.8 Å². The molecule has 5 heteroatoms. The van der Waals surface area contributed by atoms with Gasteiger partial charge in [0, 0.05) is 18.7 Å². The monoisotopic (exact) mass is 296 g/mol. The highest BCUT2D eigenvalue weighted by atomic mass is 32.1. The third-order valence-electron chi connectivity index (χ3n) is 3.26. The van der Waals surface area contributed by atoms with Crippen molar-refractivity contribution in [2.75, 3.05) is 26.2 Å². The van der Waals surface area contributed by atoms with E-state index < -0.39 is 6.10 Å². The van der Waals surface area contributed by atoms with Crippen LogP contribution in [0.4, 0.5) is 0 Å². The number of aliphatic hydroxyl groups is 2. The lowest BCUT2D eigenvalue weighted by molar-refractivity contribution is 0.0989. The maximum absolute atomic E-state index is 10.3. The molecular formula is C15H24N2O2S. The van der Waals surface area contributed by atoms with E-state index in [-0.39, 0.29) is 6.61 Å². The average Bonchev–Trinajstić information content (AvgIpc) is 2.45. The van der Waals surface area contributed by atoms with Crippen molar-refractivity contribution >= 4 is 17.2 Å². The Balaban J connectivity index is 2.62. The zero-order valence-electron chi connectivity index (χ0n) is 12.0. The average molecular weight is 296 g/mol. The number of hydrogen-bond donors (Lipinski definition) is 3. The Hall–Kier alpha value is -1.01. The third kappa shape index (κ3) is 5.54. The molecule has 0 saturated heterocycles. The molecule has 1 atom stereocenters. The minimum atomic E-state index is -0.571. The van der Waals surface area contributed by atoms with Gasteiger partial charge in [-0.3, -0.25) is 4.90 Å². The summed E-state index contributed by atoms with van der Waals surface area (Å²) in [6.07, 6.45) is 1.59. The van der Waals surface area contributed by atoms with Crippen LogP contribution in [0.5, 0.6) is 0 Å². The molecule has 0 fully saturated rings. The number of unbranched alkanes of at least 4 members (excludes halogenated alkanes) is 1. The van der Waals surface area contributed by atoms with Gasteiger partial charge >= 0.3 is 0 Å². The molecule has 0 amide bonds. The van der Waals surface area contributed by atoms with Gasteiger partial charge in [0.1, 0.15) is 4.99 Å². The standard InChI is InChI=1S/C15H24N2O2S/c1-2-3-8-17(9-10-18)11-14(19)12-4-6-13(7-5-12)15(16)20/h4-7,14,18-19H,2-3,8-11H2,1H3,(H2,16,20). The molecular weight excluding hydrogens is 272 g/mol. The highest BCUT2D eigenvalue weighted by Crippen LogP contribution is 2.15. The largest absolute Gasteiger partial charge is 0.395 e. The van der Waals surface area contributed by atoms with Crippen LogP contribution in [0, 0.1) is 0 Å². The van der Waals surface area contributed by atoms with E-state index in [1.807, 2.05) is 24.3 Å². The Bertz CT molecular complexity index is 409. The SMILES string of the molecule is CCCCN(CCO)CC(O)c1ccc(C(N)=S)cc1. The summed E-state index contributed by atoms with van der Waals surface area (Å²) in [6.45, 7) is 4.23. The Labute approximate surface area is 126 Å². The van der Waals surface area contributed by atoms with E-state index in [9.17, 15) is 5.11 Å². The predicted molar refractivity (Wildman–Crippen MR) is 85.7 cm³/mol. The summed E-state index contributed by atoms with van der Waals surface area (Å²) in [5.74, 6) is 0. The van der Waals surface area contributed by atoms with Crippen molar-refractivity contribution in [2.45, 2.75) is 25.9 Å². The lowest BCUT2D eigenvalue weighted by atomic mass is 10.1. The first kappa shape index (κ1) is 17.0. The molecule has 0 radical (unpaired) electrons. The molecule has 0 saturated carbocycles. The number of rotatable bonds is 9. The molecule has 4 nitrogen and oxygen atoms in total. The second-order valence-corrected chi connectivity index (χ2v) is 5.32. The first-order valence-corrected chi connectivity index (χ1v) is 7.40. The van der Waals surface area contributed by atoms with Crippen molar-refractivity contribution < 1.29 is 10.2 Å². The van der Waals surface area contributed by atoms with Crippen LogP contribution in [0.3, 0.4) is 0 Å². The molecule has 112 valence electrons. The molecule has 0 aliphatic heterocycles. The molecule has 1 aromatic carbocycles. The molecule has 0 bridgehead atoms. The molecule has 1 aromatic rings. The van der Waals surface area contributed by atoms with E-state index in [0.717, 1.165) is 30.5 Å². The van der Waals surface area contributed by atoms with E-state index in [1.54, 1.807) is 0 Å². The summed E-state index contributed by atoms with van der Waals surface area (Å²) < 4.78 is 0. The molecule has 20 heavy (non-hydrogen) atoms. The molecule has 4 N–H and O–H groups in total. The van der Waals surface area contributed by atoms with Gasteiger partial charge in [0.2, 0.25) is 0 Å². The Morgan fingerprint density at radius 2 is 1.95 bits per heavy atom. The Kier molecular flexibility index (Phi) is 7.69. The fourth-order valence-electron chi connectivity index (χ4n) is 2.04. The molecule has 0 aliphatic carbocycles. The first-order valence-electron chi connectivity index (χ1n) is 6.99. The van der Waals surface area contributed by atoms with Crippen LogP contribution in [0.1, 0.15) is 37.0 Å². The Morgan fingerprint density at radius 3 is 2.45 bits per heavy atom. The summed E-state index contributed by atoms with van der Waals surface area (Å²) in [5.41, 5.74) is 7.19. The third-order valence-corrected chi connectivity index (χ3v) is 3.49. The quantitative estimate of drug-likeness (QED) is 0.602. The summed E-state index contributed by atoms with van der Waals surface area (Å²) >= 11 is 4.90. The van der Waals surface area contributed by atoms with Gasteiger partial charge in [0.15, 0.2) is 0 Å². The maximum atomic E-state index is 10.3. The van der Waals surface area contributed by atoms with Gasteiger partial charge in [0.05, 0.1) is 12.7 Å². The second-order valence-electron chi connectivity index (χ2n) is 4.88. The number of nitrogens with zero attached hydrogens (tertiary/aromatic N) is 1. The van der Waals surface area contributed by atoms with Crippen molar-refractivity contribution in [3.8, 4) is 0 Å². The maximum Gasteiger partial charge on any atom is 0.103 e. The van der Waals surface area contributed by atoms with Gasteiger partial charge in [-0.05, 0) is 18.5 Å². The number of aliphatic hydroxyl groups excluding tert-OH is 2. The molecule has 1 rings (SSSR count). The molecule has 1 unspecified atom stereocenters. The van der Waals surface area contributed by atoms with Crippen LogP contribution in [0.15, 0.2) is 24.3 Å². The van der Waals surface area contributed by atoms with Crippen LogP contribution in [-0.2, 0) is 0 Å². The van der Waals surface area contributed by atoms with Gasteiger partial charge in [-0.15, -0.1) is 0 Å². The van der Waals surface area contributed by atoms with E-state index in [4.69, 9.17) is 23.1 Å². The summed E-state index contributed by atoms with van der Waals surface area (Å²) in [6, 6.07) is 7.33. The fraction of sp³-hybridized carbons (Fsp3) is 0.533. The van der Waals surface area contributed by atoms with Crippen LogP contribution in [0.2, 0.25) is 0 Å². The van der Waals surface area contributed by atoms with Crippen molar-refractivity contribution in [3.05, 3.63) is 35.4 Å². The minimum Gasteiger partial charge on any atom is -0.395 e. The first-order chi connectivity index (χ1) is 9.58. The van der Waals surface area contributed by atoms with Crippen LogP contribution in [-0.4, -0.2) is 46.3 Å². The van der Waals surface area contributed by atoms with Gasteiger partial charge in [-0.25, -0.2) is 0 Å². The fourth-order valence-corrected chi connectivity index (χ4v) is 2.17. The zero-order chi connectivity index (χ0) is 15.0. The number of nitrogens with two attached hydrogens (primary N) is 1. The number of benzene rings is 1. The highest BCUT2D eigenvalue weighted by Gasteiger charge is 2.13. The summed E-state index contributed by atoms with van der Waals surface area (Å²) in [7, 11) is 0. The predicted octanol–water partition coefficient (Wildman–Crippen LogP) is 1.45. The van der Waals surface area contributed by atoms with Crippen LogP contribution < -0.4 is 5.73 Å². The minimum absolute atomic E-state index is 0.108. The van der Waals surface area contributed by atoms with Gasteiger partial charge in [-0.1, -0.05) is 49.8 Å². The smallest absolute Gasteiger partial charge is 0.103 e. The number of hydrogen-bond acceptors (Lipinski definition) is 4. The number of thiocarbonyl (C=S) groups is 1. The zero-order valence-corrected chi connectivity index (χ0v) is 12.8. The highest BCUT2D eigenvalue weighted by molar-refractivity contribution is 7.80. The van der Waals surface area contributed by atoms with Crippen LogP contribution >= 0.6 is 12.2 Å².